The van der Waals surface area contributed by atoms with E-state index < -0.39 is 10.0 Å². The molecule has 1 aliphatic heterocycles. The van der Waals surface area contributed by atoms with Crippen molar-refractivity contribution < 1.29 is 13.2 Å². The highest BCUT2D eigenvalue weighted by atomic mass is 32.2. The fourth-order valence-electron chi connectivity index (χ4n) is 4.25. The molecule has 6 heteroatoms. The van der Waals surface area contributed by atoms with Crippen LogP contribution >= 0.6 is 11.3 Å². The summed E-state index contributed by atoms with van der Waals surface area (Å²) in [5.41, 5.74) is 5.14. The van der Waals surface area contributed by atoms with Crippen LogP contribution in [0, 0.1) is 13.8 Å². The van der Waals surface area contributed by atoms with Crippen LogP contribution in [0.25, 0.3) is 21.6 Å². The van der Waals surface area contributed by atoms with Gasteiger partial charge in [0.05, 0.1) is 9.77 Å². The van der Waals surface area contributed by atoms with Gasteiger partial charge in [-0.25, -0.2) is 8.42 Å². The molecule has 4 rings (SSSR count). The Balaban J connectivity index is 1.75. The van der Waals surface area contributed by atoms with Crippen LogP contribution in [0.5, 0.6) is 0 Å². The van der Waals surface area contributed by atoms with Gasteiger partial charge in [-0.3, -0.25) is 4.79 Å². The summed E-state index contributed by atoms with van der Waals surface area (Å²) < 4.78 is 27.6. The van der Waals surface area contributed by atoms with Crippen molar-refractivity contribution >= 4 is 27.1 Å². The molecule has 1 saturated heterocycles. The number of ketones is 1. The Morgan fingerprint density at radius 2 is 1.50 bits per heavy atom. The molecule has 0 unspecified atom stereocenters. The maximum absolute atomic E-state index is 13.0. The van der Waals surface area contributed by atoms with Gasteiger partial charge in [-0.15, -0.1) is 11.3 Å². The topological polar surface area (TPSA) is 54.5 Å². The van der Waals surface area contributed by atoms with Gasteiger partial charge < -0.3 is 0 Å². The summed E-state index contributed by atoms with van der Waals surface area (Å²) in [4.78, 5) is 14.9. The van der Waals surface area contributed by atoms with Crippen LogP contribution in [-0.4, -0.2) is 31.6 Å². The number of sulfonamides is 1. The first-order valence-electron chi connectivity index (χ1n) is 11.2. The van der Waals surface area contributed by atoms with Crippen molar-refractivity contribution in [2.45, 2.75) is 51.3 Å². The smallest absolute Gasteiger partial charge is 0.243 e. The highest BCUT2D eigenvalue weighted by Gasteiger charge is 2.27. The zero-order valence-corrected chi connectivity index (χ0v) is 20.5. The molecule has 1 aromatic heterocycles. The summed E-state index contributed by atoms with van der Waals surface area (Å²) in [6.45, 7) is 7.15. The number of benzene rings is 2. The number of rotatable bonds is 6. The molecule has 168 valence electrons. The molecule has 0 amide bonds. The molecule has 0 aliphatic carbocycles. The van der Waals surface area contributed by atoms with Crippen molar-refractivity contribution in [3.05, 3.63) is 64.5 Å². The second-order valence-electron chi connectivity index (χ2n) is 8.39. The summed E-state index contributed by atoms with van der Waals surface area (Å²) >= 11 is 1.53. The standard InChI is InChI=1S/C26H29NO3S2/c1-4-23(28)26-24(19(3)25(31-26)21-10-8-18(2)9-11-21)20-12-14-22(15-13-20)32(29,30)27-16-6-5-7-17-27/h8-15H,4-7,16-17H2,1-3H3. The number of aryl methyl sites for hydroxylation is 1. The van der Waals surface area contributed by atoms with Crippen molar-refractivity contribution in [1.29, 1.82) is 0 Å². The Morgan fingerprint density at radius 1 is 0.906 bits per heavy atom. The largest absolute Gasteiger partial charge is 0.293 e. The van der Waals surface area contributed by atoms with Gasteiger partial charge in [-0.2, -0.15) is 4.31 Å². The maximum Gasteiger partial charge on any atom is 0.243 e. The van der Waals surface area contributed by atoms with Crippen LogP contribution in [0.3, 0.4) is 0 Å². The molecule has 1 fully saturated rings. The maximum atomic E-state index is 13.0. The second kappa shape index (κ2) is 9.30. The second-order valence-corrected chi connectivity index (χ2v) is 11.4. The fourth-order valence-corrected chi connectivity index (χ4v) is 7.11. The lowest BCUT2D eigenvalue weighted by atomic mass is 9.97. The van der Waals surface area contributed by atoms with E-state index in [9.17, 15) is 13.2 Å². The van der Waals surface area contributed by atoms with Crippen LogP contribution in [0.1, 0.15) is 53.4 Å². The lowest BCUT2D eigenvalue weighted by Gasteiger charge is -2.25. The average Bonchev–Trinajstić information content (AvgIpc) is 3.16. The molecule has 0 bridgehead atoms. The zero-order chi connectivity index (χ0) is 22.9. The lowest BCUT2D eigenvalue weighted by Crippen LogP contribution is -2.35. The van der Waals surface area contributed by atoms with Gasteiger partial charge in [0.25, 0.3) is 0 Å². The summed E-state index contributed by atoms with van der Waals surface area (Å²) in [7, 11) is -3.48. The third-order valence-corrected chi connectivity index (χ3v) is 9.43. The van der Waals surface area contributed by atoms with E-state index in [0.29, 0.717) is 24.4 Å². The molecule has 1 aliphatic rings. The van der Waals surface area contributed by atoms with Crippen molar-refractivity contribution in [1.82, 2.24) is 4.31 Å². The molecule has 3 aromatic rings. The molecule has 2 heterocycles. The van der Waals surface area contributed by atoms with Gasteiger partial charge in [-0.1, -0.05) is 55.3 Å². The number of thiophene rings is 1. The van der Waals surface area contributed by atoms with E-state index in [2.05, 4.69) is 31.2 Å². The Morgan fingerprint density at radius 3 is 2.09 bits per heavy atom. The summed E-state index contributed by atoms with van der Waals surface area (Å²) in [5.74, 6) is 0.108. The zero-order valence-electron chi connectivity index (χ0n) is 18.8. The van der Waals surface area contributed by atoms with E-state index >= 15 is 0 Å². The van der Waals surface area contributed by atoms with E-state index in [1.165, 1.54) is 16.9 Å². The number of carbonyl (C=O) groups is 1. The fraction of sp³-hybridized carbons (Fsp3) is 0.346. The highest BCUT2D eigenvalue weighted by molar-refractivity contribution is 7.89. The predicted octanol–water partition coefficient (Wildman–Crippen LogP) is 6.47. The molecular formula is C26H29NO3S2. The highest BCUT2D eigenvalue weighted by Crippen LogP contribution is 2.42. The van der Waals surface area contributed by atoms with Gasteiger partial charge in [0.15, 0.2) is 5.78 Å². The Hall–Kier alpha value is -2.28. The van der Waals surface area contributed by atoms with Crippen LogP contribution in [0.15, 0.2) is 53.4 Å². The number of hydrogen-bond donors (Lipinski definition) is 0. The molecule has 0 atom stereocenters. The SMILES string of the molecule is CCC(=O)c1sc(-c2ccc(C)cc2)c(C)c1-c1ccc(S(=O)(=O)N2CCCCC2)cc1. The Bertz CT molecular complexity index is 1220. The van der Waals surface area contributed by atoms with E-state index in [0.717, 1.165) is 51.3 Å². The first kappa shape index (κ1) is 22.9. The quantitative estimate of drug-likeness (QED) is 0.391. The average molecular weight is 468 g/mol. The van der Waals surface area contributed by atoms with Crippen molar-refractivity contribution in [3.8, 4) is 21.6 Å². The third-order valence-electron chi connectivity index (χ3n) is 6.13. The van der Waals surface area contributed by atoms with Crippen LogP contribution < -0.4 is 0 Å². The van der Waals surface area contributed by atoms with Crippen LogP contribution in [-0.2, 0) is 10.0 Å². The van der Waals surface area contributed by atoms with Crippen molar-refractivity contribution in [3.63, 3.8) is 0 Å². The Kier molecular flexibility index (Phi) is 6.65. The van der Waals surface area contributed by atoms with E-state index in [-0.39, 0.29) is 5.78 Å². The molecule has 0 saturated carbocycles. The number of carbonyl (C=O) groups excluding carboxylic acids is 1. The van der Waals surface area contributed by atoms with Gasteiger partial charge in [0, 0.05) is 30.0 Å². The molecule has 32 heavy (non-hydrogen) atoms. The molecule has 4 nitrogen and oxygen atoms in total. The van der Waals surface area contributed by atoms with E-state index in [4.69, 9.17) is 0 Å². The normalized spacial score (nSPS) is 15.1. The first-order chi connectivity index (χ1) is 15.3. The molecule has 2 aromatic carbocycles. The number of Topliss-reactive ketones (excluding diaryl/α,β-unsaturated/α-hetero) is 1. The summed E-state index contributed by atoms with van der Waals surface area (Å²) in [6, 6.07) is 15.4. The van der Waals surface area contributed by atoms with Gasteiger partial charge in [0.1, 0.15) is 0 Å². The molecular weight excluding hydrogens is 438 g/mol. The van der Waals surface area contributed by atoms with E-state index in [1.54, 1.807) is 16.4 Å². The summed E-state index contributed by atoms with van der Waals surface area (Å²) in [5, 5.41) is 0. The number of piperidine rings is 1. The number of nitrogens with zero attached hydrogens (tertiary/aromatic N) is 1. The lowest BCUT2D eigenvalue weighted by molar-refractivity contribution is 0.0992. The molecule has 0 radical (unpaired) electrons. The minimum Gasteiger partial charge on any atom is -0.293 e. The van der Waals surface area contributed by atoms with E-state index in [1.807, 2.05) is 26.0 Å². The number of hydrogen-bond acceptors (Lipinski definition) is 4. The van der Waals surface area contributed by atoms with Gasteiger partial charge in [0.2, 0.25) is 10.0 Å². The predicted molar refractivity (Wildman–Crippen MR) is 132 cm³/mol. The van der Waals surface area contributed by atoms with Gasteiger partial charge in [-0.05, 0) is 55.5 Å². The third kappa shape index (κ3) is 4.32. The minimum absolute atomic E-state index is 0.108. The Labute approximate surface area is 195 Å². The minimum atomic E-state index is -3.48. The molecule has 0 N–H and O–H groups in total. The van der Waals surface area contributed by atoms with Gasteiger partial charge >= 0.3 is 0 Å². The molecule has 0 spiro atoms. The van der Waals surface area contributed by atoms with Crippen molar-refractivity contribution in [2.24, 2.45) is 0 Å². The summed E-state index contributed by atoms with van der Waals surface area (Å²) in [6.07, 6.45) is 3.34. The van der Waals surface area contributed by atoms with Crippen molar-refractivity contribution in [2.75, 3.05) is 13.1 Å². The first-order valence-corrected chi connectivity index (χ1v) is 13.4. The monoisotopic (exact) mass is 467 g/mol. The van der Waals surface area contributed by atoms with Crippen LogP contribution in [0.4, 0.5) is 0 Å². The van der Waals surface area contributed by atoms with Crippen LogP contribution in [0.2, 0.25) is 0 Å².